The molecule has 7 nitrogen and oxygen atoms in total. The van der Waals surface area contributed by atoms with Gasteiger partial charge in [-0.05, 0) is 30.3 Å². The molecule has 9 heteroatoms. The topological polar surface area (TPSA) is 101 Å². The van der Waals surface area contributed by atoms with Gasteiger partial charge in [0.1, 0.15) is 5.82 Å². The Morgan fingerprint density at radius 2 is 1.84 bits per heavy atom. The van der Waals surface area contributed by atoms with E-state index in [-0.39, 0.29) is 23.0 Å². The molecular weight excluding hydrogens is 349 g/mol. The third kappa shape index (κ3) is 5.57. The molecule has 130 valence electrons. The Labute approximate surface area is 146 Å². The summed E-state index contributed by atoms with van der Waals surface area (Å²) < 4.78 is 13.8. The number of rotatable bonds is 6. The van der Waals surface area contributed by atoms with Crippen molar-refractivity contribution < 1.29 is 18.9 Å². The zero-order valence-electron chi connectivity index (χ0n) is 13.1. The highest BCUT2D eigenvalue weighted by molar-refractivity contribution is 8.00. The van der Waals surface area contributed by atoms with Gasteiger partial charge in [0.25, 0.3) is 5.69 Å². The van der Waals surface area contributed by atoms with E-state index >= 15 is 0 Å². The highest BCUT2D eigenvalue weighted by Crippen LogP contribution is 2.23. The van der Waals surface area contributed by atoms with Crippen LogP contribution >= 0.6 is 11.8 Å². The summed E-state index contributed by atoms with van der Waals surface area (Å²) in [5, 5.41) is 15.5. The highest BCUT2D eigenvalue weighted by Gasteiger charge is 2.10. The summed E-state index contributed by atoms with van der Waals surface area (Å²) in [5.74, 6) is -1.37. The number of nitrogens with zero attached hydrogens (tertiary/aromatic N) is 1. The second-order valence-electron chi connectivity index (χ2n) is 4.96. The molecular formula is C16H14FN3O4S. The van der Waals surface area contributed by atoms with E-state index in [1.165, 1.54) is 43.3 Å². The number of carbonyl (C=O) groups excluding carboxylic acids is 2. The Morgan fingerprint density at radius 3 is 2.44 bits per heavy atom. The van der Waals surface area contributed by atoms with Crippen LogP contribution in [0.2, 0.25) is 0 Å². The summed E-state index contributed by atoms with van der Waals surface area (Å²) in [6.45, 7) is 1.32. The maximum atomic E-state index is 13.8. The number of nitro benzene ring substituents is 1. The van der Waals surface area contributed by atoms with Gasteiger partial charge in [0, 0.05) is 29.6 Å². The van der Waals surface area contributed by atoms with Gasteiger partial charge in [-0.3, -0.25) is 19.7 Å². The van der Waals surface area contributed by atoms with Crippen LogP contribution in [-0.2, 0) is 9.59 Å². The predicted octanol–water partition coefficient (Wildman–Crippen LogP) is 3.42. The van der Waals surface area contributed by atoms with Crippen molar-refractivity contribution in [2.75, 3.05) is 16.4 Å². The number of nitrogens with one attached hydrogen (secondary N) is 2. The van der Waals surface area contributed by atoms with Crippen molar-refractivity contribution in [3.8, 4) is 0 Å². The summed E-state index contributed by atoms with van der Waals surface area (Å²) in [6, 6.07) is 9.61. The van der Waals surface area contributed by atoms with Crippen molar-refractivity contribution >= 4 is 40.6 Å². The molecule has 0 spiro atoms. The molecule has 0 atom stereocenters. The van der Waals surface area contributed by atoms with E-state index in [4.69, 9.17) is 0 Å². The van der Waals surface area contributed by atoms with Crippen molar-refractivity contribution in [2.45, 2.75) is 11.8 Å². The number of hydrogen-bond donors (Lipinski definition) is 2. The summed E-state index contributed by atoms with van der Waals surface area (Å²) in [7, 11) is 0. The molecule has 2 amide bonds. The van der Waals surface area contributed by atoms with E-state index in [0.717, 1.165) is 17.8 Å². The number of hydrogen-bond acceptors (Lipinski definition) is 5. The van der Waals surface area contributed by atoms with Gasteiger partial charge in [0.15, 0.2) is 0 Å². The number of halogens is 1. The average molecular weight is 363 g/mol. The number of non-ortho nitro benzene ring substituents is 1. The van der Waals surface area contributed by atoms with Gasteiger partial charge in [0.2, 0.25) is 11.8 Å². The number of anilines is 2. The first kappa shape index (κ1) is 18.4. The van der Waals surface area contributed by atoms with E-state index in [1.807, 2.05) is 0 Å². The van der Waals surface area contributed by atoms with Gasteiger partial charge in [-0.1, -0.05) is 0 Å². The van der Waals surface area contributed by atoms with Crippen LogP contribution in [0.1, 0.15) is 6.92 Å². The average Bonchev–Trinajstić information content (AvgIpc) is 2.56. The van der Waals surface area contributed by atoms with Crippen LogP contribution in [0.5, 0.6) is 0 Å². The maximum absolute atomic E-state index is 13.8. The van der Waals surface area contributed by atoms with E-state index in [2.05, 4.69) is 10.6 Å². The Morgan fingerprint density at radius 1 is 1.16 bits per heavy atom. The molecule has 2 aromatic carbocycles. The fourth-order valence-electron chi connectivity index (χ4n) is 1.90. The third-order valence-corrected chi connectivity index (χ3v) is 3.99. The van der Waals surface area contributed by atoms with Crippen LogP contribution in [0.15, 0.2) is 47.4 Å². The molecule has 25 heavy (non-hydrogen) atoms. The quantitative estimate of drug-likeness (QED) is 0.465. The summed E-state index contributed by atoms with van der Waals surface area (Å²) in [6.07, 6.45) is 0. The smallest absolute Gasteiger partial charge is 0.269 e. The van der Waals surface area contributed by atoms with E-state index in [0.29, 0.717) is 10.6 Å². The lowest BCUT2D eigenvalue weighted by Gasteiger charge is -2.09. The second-order valence-corrected chi connectivity index (χ2v) is 6.01. The minimum Gasteiger partial charge on any atom is -0.326 e. The lowest BCUT2D eigenvalue weighted by Crippen LogP contribution is -2.15. The van der Waals surface area contributed by atoms with Gasteiger partial charge in [-0.25, -0.2) is 4.39 Å². The van der Waals surface area contributed by atoms with Crippen LogP contribution in [0.3, 0.4) is 0 Å². The zero-order chi connectivity index (χ0) is 18.4. The van der Waals surface area contributed by atoms with Gasteiger partial charge in [-0.15, -0.1) is 11.8 Å². The number of amides is 2. The first-order valence-corrected chi connectivity index (χ1v) is 8.08. The molecule has 2 rings (SSSR count). The van der Waals surface area contributed by atoms with Crippen molar-refractivity contribution in [3.05, 3.63) is 58.4 Å². The summed E-state index contributed by atoms with van der Waals surface area (Å²) in [5.41, 5.74) is 0.290. The first-order valence-electron chi connectivity index (χ1n) is 7.09. The fourth-order valence-corrected chi connectivity index (χ4v) is 2.60. The zero-order valence-corrected chi connectivity index (χ0v) is 13.9. The molecule has 0 aliphatic carbocycles. The van der Waals surface area contributed by atoms with Crippen molar-refractivity contribution in [1.82, 2.24) is 0 Å². The molecule has 0 fully saturated rings. The van der Waals surface area contributed by atoms with Gasteiger partial charge < -0.3 is 10.6 Å². The lowest BCUT2D eigenvalue weighted by molar-refractivity contribution is -0.384. The molecule has 0 aliphatic heterocycles. The van der Waals surface area contributed by atoms with Crippen LogP contribution < -0.4 is 10.6 Å². The van der Waals surface area contributed by atoms with E-state index < -0.39 is 16.6 Å². The summed E-state index contributed by atoms with van der Waals surface area (Å²) >= 11 is 1.16. The van der Waals surface area contributed by atoms with E-state index in [1.54, 1.807) is 0 Å². The molecule has 0 heterocycles. The van der Waals surface area contributed by atoms with Crippen LogP contribution in [0, 0.1) is 15.9 Å². The van der Waals surface area contributed by atoms with Gasteiger partial charge >= 0.3 is 0 Å². The van der Waals surface area contributed by atoms with Gasteiger partial charge in [-0.2, -0.15) is 0 Å². The monoisotopic (exact) mass is 363 g/mol. The second kappa shape index (κ2) is 8.25. The minimum absolute atomic E-state index is 0.00160. The number of benzene rings is 2. The molecule has 0 saturated carbocycles. The SMILES string of the molecule is CC(=O)Nc1ccc(F)c(NC(=O)CSc2ccc([N+](=O)[O-])cc2)c1. The first-order chi connectivity index (χ1) is 11.8. The van der Waals surface area contributed by atoms with Crippen molar-refractivity contribution in [3.63, 3.8) is 0 Å². The molecule has 2 aromatic rings. The maximum Gasteiger partial charge on any atom is 0.269 e. The standard InChI is InChI=1S/C16H14FN3O4S/c1-10(21)18-11-2-7-14(17)15(8-11)19-16(22)9-25-13-5-3-12(4-6-13)20(23)24/h2-8H,9H2,1H3,(H,18,21)(H,19,22). The number of nitro groups is 1. The Balaban J connectivity index is 1.95. The van der Waals surface area contributed by atoms with Crippen molar-refractivity contribution in [2.24, 2.45) is 0 Å². The normalized spacial score (nSPS) is 10.2. The number of thioether (sulfide) groups is 1. The van der Waals surface area contributed by atoms with Crippen molar-refractivity contribution in [1.29, 1.82) is 0 Å². The highest BCUT2D eigenvalue weighted by atomic mass is 32.2. The third-order valence-electron chi connectivity index (χ3n) is 2.98. The molecule has 0 saturated heterocycles. The summed E-state index contributed by atoms with van der Waals surface area (Å²) in [4.78, 5) is 33.7. The molecule has 0 bridgehead atoms. The fraction of sp³-hybridized carbons (Fsp3) is 0.125. The molecule has 0 aromatic heterocycles. The molecule has 0 aliphatic rings. The predicted molar refractivity (Wildman–Crippen MR) is 93.2 cm³/mol. The van der Waals surface area contributed by atoms with Crippen LogP contribution in [0.25, 0.3) is 0 Å². The minimum atomic E-state index is -0.622. The van der Waals surface area contributed by atoms with Crippen LogP contribution in [0.4, 0.5) is 21.5 Å². The Hall–Kier alpha value is -2.94. The molecule has 0 unspecified atom stereocenters. The van der Waals surface area contributed by atoms with Crippen LogP contribution in [-0.4, -0.2) is 22.5 Å². The van der Waals surface area contributed by atoms with Gasteiger partial charge in [0.05, 0.1) is 16.4 Å². The Kier molecular flexibility index (Phi) is 6.07. The number of carbonyl (C=O) groups is 2. The Bertz CT molecular complexity index is 812. The molecule has 0 radical (unpaired) electrons. The lowest BCUT2D eigenvalue weighted by atomic mass is 10.2. The van der Waals surface area contributed by atoms with E-state index in [9.17, 15) is 24.1 Å². The molecule has 2 N–H and O–H groups in total. The largest absolute Gasteiger partial charge is 0.326 e.